The lowest BCUT2D eigenvalue weighted by Gasteiger charge is -2.03. The van der Waals surface area contributed by atoms with Gasteiger partial charge in [-0.2, -0.15) is 0 Å². The highest BCUT2D eigenvalue weighted by atomic mass is 14.8. The number of aromatic nitrogens is 2. The highest BCUT2D eigenvalue weighted by molar-refractivity contribution is 5.75. The van der Waals surface area contributed by atoms with E-state index in [0.29, 0.717) is 5.92 Å². The first-order valence-corrected chi connectivity index (χ1v) is 4.68. The summed E-state index contributed by atoms with van der Waals surface area (Å²) in [6, 6.07) is 4.27. The van der Waals surface area contributed by atoms with Crippen LogP contribution in [-0.2, 0) is 6.42 Å². The quantitative estimate of drug-likeness (QED) is 0.748. The molecule has 2 heteroatoms. The molecule has 2 aromatic rings. The molecule has 0 aliphatic rings. The number of fused-ring (bicyclic) bond motifs is 1. The number of aromatic amines is 1. The largest absolute Gasteiger partial charge is 0.346 e. The Morgan fingerprint density at radius 1 is 1.54 bits per heavy atom. The number of H-pyrrole nitrogens is 1. The molecule has 0 aliphatic carbocycles. The third-order valence-corrected chi connectivity index (χ3v) is 2.10. The van der Waals surface area contributed by atoms with Gasteiger partial charge in [0.05, 0.1) is 0 Å². The predicted octanol–water partition coefficient (Wildman–Crippen LogP) is 3.01. The zero-order chi connectivity index (χ0) is 9.26. The van der Waals surface area contributed by atoms with Gasteiger partial charge < -0.3 is 4.98 Å². The van der Waals surface area contributed by atoms with Crippen molar-refractivity contribution in [3.8, 4) is 0 Å². The fourth-order valence-electron chi connectivity index (χ4n) is 1.57. The molecule has 0 radical (unpaired) electrons. The van der Waals surface area contributed by atoms with Gasteiger partial charge in [-0.15, -0.1) is 0 Å². The molecule has 0 aromatic carbocycles. The highest BCUT2D eigenvalue weighted by Crippen LogP contribution is 2.13. The molecular weight excluding hydrogens is 160 g/mol. The van der Waals surface area contributed by atoms with Crippen LogP contribution in [0, 0.1) is 5.92 Å². The van der Waals surface area contributed by atoms with E-state index in [1.54, 1.807) is 0 Å². The number of hydrogen-bond acceptors (Lipinski definition) is 1. The van der Waals surface area contributed by atoms with Crippen LogP contribution in [0.2, 0.25) is 0 Å². The van der Waals surface area contributed by atoms with Crippen molar-refractivity contribution in [2.24, 2.45) is 5.92 Å². The monoisotopic (exact) mass is 176 g/mol. The van der Waals surface area contributed by atoms with Crippen molar-refractivity contribution in [2.75, 3.05) is 0 Å². The molecule has 0 atom stereocenters. The lowest BCUT2D eigenvalue weighted by Crippen LogP contribution is -1.94. The molecule has 2 nitrogen and oxygen atoms in total. The minimum Gasteiger partial charge on any atom is -0.346 e. The fourth-order valence-corrected chi connectivity index (χ4v) is 1.57. The van der Waals surface area contributed by atoms with Crippen LogP contribution in [0.25, 0.3) is 11.0 Å². The van der Waals surface area contributed by atoms with Crippen LogP contribution in [0.4, 0.5) is 0 Å². The molecule has 1 N–H and O–H groups in total. The molecular formula is C11H16N2. The number of rotatable bonds is 2. The van der Waals surface area contributed by atoms with E-state index in [0.717, 1.165) is 12.1 Å². The molecule has 2 rings (SSSR count). The second-order valence-corrected chi connectivity index (χ2v) is 3.86. The molecule has 0 spiro atoms. The normalized spacial score (nSPS) is 11.3. The number of nitrogens with zero attached hydrogens (tertiary/aromatic N) is 1. The van der Waals surface area contributed by atoms with Crippen LogP contribution < -0.4 is 0 Å². The summed E-state index contributed by atoms with van der Waals surface area (Å²) < 4.78 is 0. The molecule has 0 amide bonds. The Bertz CT molecular complexity index is 406. The topological polar surface area (TPSA) is 28.7 Å². The SMILES string of the molecule is CC(C)Cc1cnc2[nH]ccc2c1.[HH]. The van der Waals surface area contributed by atoms with Crippen LogP contribution in [0.3, 0.4) is 0 Å². The lowest BCUT2D eigenvalue weighted by atomic mass is 10.0. The highest BCUT2D eigenvalue weighted by Gasteiger charge is 2.00. The second kappa shape index (κ2) is 3.21. The van der Waals surface area contributed by atoms with Crippen LogP contribution in [0.15, 0.2) is 24.5 Å². The van der Waals surface area contributed by atoms with Crippen molar-refractivity contribution in [1.29, 1.82) is 0 Å². The van der Waals surface area contributed by atoms with Crippen LogP contribution in [-0.4, -0.2) is 9.97 Å². The van der Waals surface area contributed by atoms with Crippen LogP contribution in [0.5, 0.6) is 0 Å². The third-order valence-electron chi connectivity index (χ3n) is 2.10. The molecule has 2 heterocycles. The summed E-state index contributed by atoms with van der Waals surface area (Å²) in [4.78, 5) is 7.43. The fraction of sp³-hybridized carbons (Fsp3) is 0.364. The maximum Gasteiger partial charge on any atom is 0.137 e. The molecule has 0 fully saturated rings. The van der Waals surface area contributed by atoms with Gasteiger partial charge in [0.15, 0.2) is 0 Å². The van der Waals surface area contributed by atoms with Crippen molar-refractivity contribution in [1.82, 2.24) is 9.97 Å². The number of hydrogen-bond donors (Lipinski definition) is 1. The first-order valence-electron chi connectivity index (χ1n) is 4.68. The Labute approximate surface area is 79.5 Å². The number of nitrogens with one attached hydrogen (secondary N) is 1. The maximum absolute atomic E-state index is 4.34. The van der Waals surface area contributed by atoms with Crippen LogP contribution in [0.1, 0.15) is 20.8 Å². The van der Waals surface area contributed by atoms with Gasteiger partial charge >= 0.3 is 0 Å². The van der Waals surface area contributed by atoms with E-state index < -0.39 is 0 Å². The Morgan fingerprint density at radius 3 is 3.15 bits per heavy atom. The minimum absolute atomic E-state index is 0. The Kier molecular flexibility index (Phi) is 2.05. The van der Waals surface area contributed by atoms with Crippen molar-refractivity contribution in [2.45, 2.75) is 20.3 Å². The van der Waals surface area contributed by atoms with Crippen LogP contribution >= 0.6 is 0 Å². The molecule has 0 bridgehead atoms. The molecule has 0 aliphatic heterocycles. The first-order chi connectivity index (χ1) is 6.25. The van der Waals surface area contributed by atoms with Crippen molar-refractivity contribution in [3.63, 3.8) is 0 Å². The lowest BCUT2D eigenvalue weighted by molar-refractivity contribution is 0.646. The first kappa shape index (κ1) is 8.30. The minimum atomic E-state index is 0. The Morgan fingerprint density at radius 2 is 2.38 bits per heavy atom. The molecule has 0 saturated heterocycles. The Hall–Kier alpha value is -1.31. The van der Waals surface area contributed by atoms with Crippen molar-refractivity contribution in [3.05, 3.63) is 30.1 Å². The summed E-state index contributed by atoms with van der Waals surface area (Å²) in [6.07, 6.45) is 4.99. The van der Waals surface area contributed by atoms with Gasteiger partial charge in [0, 0.05) is 19.2 Å². The van der Waals surface area contributed by atoms with Crippen molar-refractivity contribution >= 4 is 11.0 Å². The van der Waals surface area contributed by atoms with Gasteiger partial charge in [0.25, 0.3) is 0 Å². The van der Waals surface area contributed by atoms with Crippen molar-refractivity contribution < 1.29 is 1.43 Å². The predicted molar refractivity (Wildman–Crippen MR) is 56.7 cm³/mol. The van der Waals surface area contributed by atoms with E-state index in [1.165, 1.54) is 10.9 Å². The van der Waals surface area contributed by atoms with Gasteiger partial charge in [-0.05, 0) is 30.0 Å². The molecule has 2 aromatic heterocycles. The van der Waals surface area contributed by atoms with E-state index in [-0.39, 0.29) is 1.43 Å². The number of pyridine rings is 1. The molecule has 13 heavy (non-hydrogen) atoms. The summed E-state index contributed by atoms with van der Waals surface area (Å²) >= 11 is 0. The summed E-state index contributed by atoms with van der Waals surface area (Å²) in [5.74, 6) is 0.693. The average Bonchev–Trinajstić information content (AvgIpc) is 2.49. The zero-order valence-corrected chi connectivity index (χ0v) is 8.04. The smallest absolute Gasteiger partial charge is 0.137 e. The van der Waals surface area contributed by atoms with Gasteiger partial charge in [0.2, 0.25) is 0 Å². The molecule has 0 saturated carbocycles. The van der Waals surface area contributed by atoms with Gasteiger partial charge in [-0.25, -0.2) is 4.98 Å². The molecule has 0 unspecified atom stereocenters. The zero-order valence-electron chi connectivity index (χ0n) is 8.04. The van der Waals surface area contributed by atoms with E-state index in [1.807, 2.05) is 12.4 Å². The van der Waals surface area contributed by atoms with Gasteiger partial charge in [0.1, 0.15) is 5.65 Å². The summed E-state index contributed by atoms with van der Waals surface area (Å²) in [7, 11) is 0. The summed E-state index contributed by atoms with van der Waals surface area (Å²) in [6.45, 7) is 4.45. The Balaban J connectivity index is 0.000000980. The van der Waals surface area contributed by atoms with E-state index >= 15 is 0 Å². The van der Waals surface area contributed by atoms with Gasteiger partial charge in [-0.3, -0.25) is 0 Å². The standard InChI is InChI=1S/C11H14N2.H2/c1-8(2)5-9-6-10-3-4-12-11(10)13-7-9;/h3-4,6-8H,5H2,1-2H3,(H,12,13);1H. The summed E-state index contributed by atoms with van der Waals surface area (Å²) in [5, 5.41) is 1.21. The van der Waals surface area contributed by atoms with Gasteiger partial charge in [-0.1, -0.05) is 13.8 Å². The van der Waals surface area contributed by atoms with E-state index in [4.69, 9.17) is 0 Å². The summed E-state index contributed by atoms with van der Waals surface area (Å²) in [5.41, 5.74) is 2.30. The average molecular weight is 176 g/mol. The van der Waals surface area contributed by atoms with E-state index in [2.05, 4.69) is 35.9 Å². The maximum atomic E-state index is 4.34. The second-order valence-electron chi connectivity index (χ2n) is 3.86. The molecule has 70 valence electrons. The third kappa shape index (κ3) is 1.72. The van der Waals surface area contributed by atoms with E-state index in [9.17, 15) is 0 Å².